The minimum absolute atomic E-state index is 0.195. The van der Waals surface area contributed by atoms with Crippen molar-refractivity contribution in [3.8, 4) is 17.2 Å². The van der Waals surface area contributed by atoms with E-state index in [1.165, 1.54) is 6.07 Å². The summed E-state index contributed by atoms with van der Waals surface area (Å²) in [5, 5.41) is 3.94. The molecule has 0 atom stereocenters. The lowest BCUT2D eigenvalue weighted by Gasteiger charge is -2.19. The predicted molar refractivity (Wildman–Crippen MR) is 107 cm³/mol. The lowest BCUT2D eigenvalue weighted by molar-refractivity contribution is -0.123. The van der Waals surface area contributed by atoms with Crippen molar-refractivity contribution < 1.29 is 19.0 Å². The van der Waals surface area contributed by atoms with Crippen LogP contribution in [-0.2, 0) is 4.79 Å². The summed E-state index contributed by atoms with van der Waals surface area (Å²) in [6.07, 6.45) is 0. The van der Waals surface area contributed by atoms with Gasteiger partial charge in [0.2, 0.25) is 0 Å². The molecule has 0 bridgehead atoms. The summed E-state index contributed by atoms with van der Waals surface area (Å²) < 4.78 is 16.3. The molecule has 0 radical (unpaired) electrons. The number of carbonyl (C=O) groups is 1. The maximum Gasteiger partial charge on any atom is 0.276 e. The number of hydrogen-bond donors (Lipinski definition) is 3. The summed E-state index contributed by atoms with van der Waals surface area (Å²) in [4.78, 5) is 11.9. The third kappa shape index (κ3) is 5.53. The van der Waals surface area contributed by atoms with Crippen LogP contribution in [0.15, 0.2) is 36.4 Å². The van der Waals surface area contributed by atoms with E-state index in [1.54, 1.807) is 30.3 Å². The molecule has 2 aromatic carbocycles. The minimum Gasteiger partial charge on any atom is -0.486 e. The molecule has 3 N–H and O–H groups in total. The topological polar surface area (TPSA) is 80.9 Å². The number of carbonyl (C=O) groups excluding carboxylic acids is 1. The Morgan fingerprint density at radius 1 is 1.07 bits per heavy atom. The highest BCUT2D eigenvalue weighted by Crippen LogP contribution is 2.32. The molecule has 1 aliphatic rings. The van der Waals surface area contributed by atoms with Crippen LogP contribution in [0.5, 0.6) is 17.2 Å². The van der Waals surface area contributed by atoms with E-state index in [-0.39, 0.29) is 11.7 Å². The van der Waals surface area contributed by atoms with Gasteiger partial charge < -0.3 is 19.5 Å². The van der Waals surface area contributed by atoms with Gasteiger partial charge in [-0.1, -0.05) is 23.2 Å². The van der Waals surface area contributed by atoms with E-state index < -0.39 is 5.91 Å². The first-order chi connectivity index (χ1) is 13.0. The summed E-state index contributed by atoms with van der Waals surface area (Å²) in [5.41, 5.74) is 5.69. The molecule has 142 valence electrons. The zero-order chi connectivity index (χ0) is 19.2. The lowest BCUT2D eigenvalue weighted by atomic mass is 10.2. The average molecular weight is 428 g/mol. The van der Waals surface area contributed by atoms with Gasteiger partial charge in [-0.3, -0.25) is 15.6 Å². The van der Waals surface area contributed by atoms with Crippen LogP contribution in [0.1, 0.15) is 0 Å². The predicted octanol–water partition coefficient (Wildman–Crippen LogP) is 3.16. The number of benzene rings is 2. The fourth-order valence-corrected chi connectivity index (χ4v) is 2.68. The highest BCUT2D eigenvalue weighted by Gasteiger charge is 2.12. The molecule has 0 fully saturated rings. The van der Waals surface area contributed by atoms with Crippen molar-refractivity contribution in [2.45, 2.75) is 0 Å². The van der Waals surface area contributed by atoms with Crippen LogP contribution in [0.2, 0.25) is 10.0 Å². The van der Waals surface area contributed by atoms with Gasteiger partial charge >= 0.3 is 0 Å². The normalized spacial score (nSPS) is 12.1. The summed E-state index contributed by atoms with van der Waals surface area (Å²) in [5.74, 6) is 1.18. The van der Waals surface area contributed by atoms with Crippen molar-refractivity contribution in [2.24, 2.45) is 0 Å². The van der Waals surface area contributed by atoms with E-state index >= 15 is 0 Å². The molecule has 1 heterocycles. The van der Waals surface area contributed by atoms with Crippen LogP contribution < -0.4 is 30.4 Å². The second kappa shape index (κ2) is 8.98. The Morgan fingerprint density at radius 3 is 2.67 bits per heavy atom. The first-order valence-electron chi connectivity index (χ1n) is 7.84. The van der Waals surface area contributed by atoms with Crippen molar-refractivity contribution in [1.82, 2.24) is 10.9 Å². The number of nitrogens with one attached hydrogen (secondary N) is 3. The fraction of sp³-hybridized carbons (Fsp3) is 0.176. The number of ether oxygens (including phenoxy) is 3. The van der Waals surface area contributed by atoms with E-state index in [4.69, 9.17) is 49.6 Å². The number of halogens is 2. The monoisotopic (exact) mass is 427 g/mol. The largest absolute Gasteiger partial charge is 0.486 e. The zero-order valence-corrected chi connectivity index (χ0v) is 16.2. The smallest absolute Gasteiger partial charge is 0.276 e. The Morgan fingerprint density at radius 2 is 1.85 bits per heavy atom. The standard InChI is InChI=1S/C17H15Cl2N3O4S/c18-10-1-3-12(19)14(7-10)26-9-16(23)21-22-17(27)20-11-2-4-13-15(8-11)25-6-5-24-13/h1-4,7-8H,5-6,9H2,(H,21,23)(H2,20,22,27). The van der Waals surface area contributed by atoms with Gasteiger partial charge in [-0.2, -0.15) is 0 Å². The molecule has 0 unspecified atom stereocenters. The third-order valence-electron chi connectivity index (χ3n) is 3.37. The Hall–Kier alpha value is -2.42. The highest BCUT2D eigenvalue weighted by atomic mass is 35.5. The summed E-state index contributed by atoms with van der Waals surface area (Å²) >= 11 is 17.0. The number of fused-ring (bicyclic) bond motifs is 1. The van der Waals surface area contributed by atoms with Crippen LogP contribution in [0, 0.1) is 0 Å². The molecule has 7 nitrogen and oxygen atoms in total. The molecule has 0 aliphatic carbocycles. The molecule has 0 saturated carbocycles. The summed E-state index contributed by atoms with van der Waals surface area (Å²) in [6, 6.07) is 10.1. The Kier molecular flexibility index (Phi) is 6.44. The van der Waals surface area contributed by atoms with Crippen molar-refractivity contribution >= 4 is 52.1 Å². The van der Waals surface area contributed by atoms with E-state index in [0.717, 1.165) is 0 Å². The molecule has 1 amide bonds. The molecule has 2 aromatic rings. The van der Waals surface area contributed by atoms with Gasteiger partial charge in [-0.15, -0.1) is 0 Å². The molecule has 0 spiro atoms. The number of thiocarbonyl (C=S) groups is 1. The van der Waals surface area contributed by atoms with Gasteiger partial charge in [0.25, 0.3) is 5.91 Å². The van der Waals surface area contributed by atoms with Gasteiger partial charge in [0, 0.05) is 22.8 Å². The second-order valence-corrected chi connectivity index (χ2v) is 6.60. The number of hydrogen-bond acceptors (Lipinski definition) is 5. The van der Waals surface area contributed by atoms with Crippen molar-refractivity contribution in [3.63, 3.8) is 0 Å². The number of hydrazine groups is 1. The molecular weight excluding hydrogens is 413 g/mol. The number of rotatable bonds is 4. The lowest BCUT2D eigenvalue weighted by Crippen LogP contribution is -2.45. The molecule has 27 heavy (non-hydrogen) atoms. The first-order valence-corrected chi connectivity index (χ1v) is 9.01. The number of amides is 1. The fourth-order valence-electron chi connectivity index (χ4n) is 2.18. The van der Waals surface area contributed by atoms with Gasteiger partial charge in [0.05, 0.1) is 5.02 Å². The van der Waals surface area contributed by atoms with E-state index in [1.807, 2.05) is 0 Å². The van der Waals surface area contributed by atoms with Crippen LogP contribution in [-0.4, -0.2) is 30.8 Å². The maximum absolute atomic E-state index is 11.9. The van der Waals surface area contributed by atoms with E-state index in [2.05, 4.69) is 16.2 Å². The SMILES string of the molecule is O=C(COc1cc(Cl)ccc1Cl)NNC(=S)Nc1ccc2c(c1)OCCO2. The second-order valence-electron chi connectivity index (χ2n) is 5.35. The minimum atomic E-state index is -0.447. The van der Waals surface area contributed by atoms with Crippen LogP contribution >= 0.6 is 35.4 Å². The molecular formula is C17H15Cl2N3O4S. The quantitative estimate of drug-likeness (QED) is 0.510. The van der Waals surface area contributed by atoms with Crippen LogP contribution in [0.3, 0.4) is 0 Å². The third-order valence-corrected chi connectivity index (χ3v) is 4.12. The first kappa shape index (κ1) is 19.3. The van der Waals surface area contributed by atoms with Gasteiger partial charge in [-0.25, -0.2) is 0 Å². The Labute approximate surface area is 170 Å². The highest BCUT2D eigenvalue weighted by molar-refractivity contribution is 7.80. The van der Waals surface area contributed by atoms with Gasteiger partial charge in [-0.05, 0) is 36.5 Å². The van der Waals surface area contributed by atoms with Crippen LogP contribution in [0.25, 0.3) is 0 Å². The van der Waals surface area contributed by atoms with Crippen molar-refractivity contribution in [2.75, 3.05) is 25.1 Å². The average Bonchev–Trinajstić information content (AvgIpc) is 2.67. The van der Waals surface area contributed by atoms with E-state index in [0.29, 0.717) is 46.2 Å². The molecule has 0 aromatic heterocycles. The molecule has 1 aliphatic heterocycles. The van der Waals surface area contributed by atoms with E-state index in [9.17, 15) is 4.79 Å². The van der Waals surface area contributed by atoms with Gasteiger partial charge in [0.1, 0.15) is 19.0 Å². The summed E-state index contributed by atoms with van der Waals surface area (Å²) in [7, 11) is 0. The zero-order valence-electron chi connectivity index (χ0n) is 13.9. The van der Waals surface area contributed by atoms with Crippen molar-refractivity contribution in [3.05, 3.63) is 46.4 Å². The Bertz CT molecular complexity index is 866. The molecule has 10 heteroatoms. The molecule has 0 saturated heterocycles. The van der Waals surface area contributed by atoms with Crippen molar-refractivity contribution in [1.29, 1.82) is 0 Å². The van der Waals surface area contributed by atoms with Crippen LogP contribution in [0.4, 0.5) is 5.69 Å². The molecule has 3 rings (SSSR count). The number of anilines is 1. The Balaban J connectivity index is 1.44. The summed E-state index contributed by atoms with van der Waals surface area (Å²) in [6.45, 7) is 0.750. The van der Waals surface area contributed by atoms with Gasteiger partial charge in [0.15, 0.2) is 23.2 Å². The maximum atomic E-state index is 11.9.